The lowest BCUT2D eigenvalue weighted by Crippen LogP contribution is -2.57. The Balaban J connectivity index is 2.60. The molecule has 1 heterocycles. The van der Waals surface area contributed by atoms with Crippen molar-refractivity contribution in [2.45, 2.75) is 18.3 Å². The Kier molecular flexibility index (Phi) is 1.89. The largest absolute Gasteiger partial charge is 0.388 e. The number of carbonyl (C=O) groups is 1. The number of hydrogen-bond donors (Lipinski definition) is 4. The third-order valence-corrected chi connectivity index (χ3v) is 1.47. The van der Waals surface area contributed by atoms with E-state index in [0.29, 0.717) is 0 Å². The Morgan fingerprint density at radius 2 is 2.00 bits per heavy atom. The van der Waals surface area contributed by atoms with Crippen LogP contribution in [0.25, 0.3) is 0 Å². The smallest absolute Gasteiger partial charge is 0.251 e. The minimum atomic E-state index is -1.50. The summed E-state index contributed by atoms with van der Waals surface area (Å²) in [5.74, 6) is -0.641. The number of β-amino-alcohol motifs (C(OH)–C–C–N with tert-alkyl or cyclic N) is 1. The zero-order valence-corrected chi connectivity index (χ0v) is 5.19. The number of carbonyl (C=O) groups excluding carboxylic acids is 1. The molecule has 0 radical (unpaired) electrons. The molecule has 1 aliphatic heterocycles. The molecule has 10 heavy (non-hydrogen) atoms. The highest BCUT2D eigenvalue weighted by Gasteiger charge is 2.34. The molecule has 0 aromatic heterocycles. The first-order valence-corrected chi connectivity index (χ1v) is 2.95. The maximum absolute atomic E-state index is 10.5. The van der Waals surface area contributed by atoms with Gasteiger partial charge in [0.1, 0.15) is 12.2 Å². The standard InChI is InChI=1S/C5H9NO4/c7-2-1-6-5(10)4(9)3(2)8/h2-4,7-9H,1H2,(H,6,10)/t2-,3+,4-/m1/s1. The summed E-state index contributed by atoms with van der Waals surface area (Å²) < 4.78 is 0. The van der Waals surface area contributed by atoms with Crippen LogP contribution in [0, 0.1) is 0 Å². The van der Waals surface area contributed by atoms with Crippen molar-refractivity contribution >= 4 is 5.91 Å². The average molecular weight is 147 g/mol. The average Bonchev–Trinajstić information content (AvgIpc) is 1.93. The number of amides is 1. The molecular formula is C5H9NO4. The highest BCUT2D eigenvalue weighted by molar-refractivity contribution is 5.82. The maximum atomic E-state index is 10.5. The van der Waals surface area contributed by atoms with Crippen molar-refractivity contribution in [1.29, 1.82) is 0 Å². The van der Waals surface area contributed by atoms with Crippen LogP contribution >= 0.6 is 0 Å². The first kappa shape index (κ1) is 7.46. The van der Waals surface area contributed by atoms with Gasteiger partial charge in [-0.2, -0.15) is 0 Å². The topological polar surface area (TPSA) is 89.8 Å². The third kappa shape index (κ3) is 1.11. The molecule has 5 heteroatoms. The number of rotatable bonds is 0. The van der Waals surface area contributed by atoms with Crippen LogP contribution in [0.3, 0.4) is 0 Å². The molecule has 1 saturated heterocycles. The van der Waals surface area contributed by atoms with Crippen molar-refractivity contribution in [1.82, 2.24) is 5.32 Å². The van der Waals surface area contributed by atoms with Crippen LogP contribution in [0.1, 0.15) is 0 Å². The lowest BCUT2D eigenvalue weighted by molar-refractivity contribution is -0.148. The van der Waals surface area contributed by atoms with Gasteiger partial charge in [-0.1, -0.05) is 0 Å². The van der Waals surface area contributed by atoms with Gasteiger partial charge in [0.15, 0.2) is 6.10 Å². The van der Waals surface area contributed by atoms with Crippen LogP contribution in [0.2, 0.25) is 0 Å². The van der Waals surface area contributed by atoms with Crippen LogP contribution in [-0.4, -0.2) is 46.1 Å². The molecule has 4 N–H and O–H groups in total. The molecule has 58 valence electrons. The molecule has 0 unspecified atom stereocenters. The molecular weight excluding hydrogens is 138 g/mol. The minimum Gasteiger partial charge on any atom is -0.388 e. The van der Waals surface area contributed by atoms with Gasteiger partial charge >= 0.3 is 0 Å². The van der Waals surface area contributed by atoms with Gasteiger partial charge in [0, 0.05) is 6.54 Å². The summed E-state index contributed by atoms with van der Waals surface area (Å²) in [5.41, 5.74) is 0. The molecule has 0 spiro atoms. The predicted molar refractivity (Wildman–Crippen MR) is 31.0 cm³/mol. The molecule has 0 bridgehead atoms. The van der Waals surface area contributed by atoms with E-state index in [0.717, 1.165) is 0 Å². The van der Waals surface area contributed by atoms with Gasteiger partial charge in [-0.15, -0.1) is 0 Å². The summed E-state index contributed by atoms with van der Waals surface area (Å²) >= 11 is 0. The lowest BCUT2D eigenvalue weighted by atomic mass is 10.0. The fourth-order valence-corrected chi connectivity index (χ4v) is 0.796. The zero-order valence-electron chi connectivity index (χ0n) is 5.19. The fraction of sp³-hybridized carbons (Fsp3) is 0.800. The first-order chi connectivity index (χ1) is 4.63. The maximum Gasteiger partial charge on any atom is 0.251 e. The molecule has 0 saturated carbocycles. The van der Waals surface area contributed by atoms with Crippen molar-refractivity contribution in [2.24, 2.45) is 0 Å². The van der Waals surface area contributed by atoms with Crippen molar-refractivity contribution in [3.63, 3.8) is 0 Å². The molecule has 1 aliphatic rings. The number of aliphatic hydroxyl groups is 3. The van der Waals surface area contributed by atoms with Gasteiger partial charge < -0.3 is 20.6 Å². The van der Waals surface area contributed by atoms with E-state index in [9.17, 15) is 4.79 Å². The van der Waals surface area contributed by atoms with Crippen molar-refractivity contribution in [3.8, 4) is 0 Å². The second-order valence-corrected chi connectivity index (χ2v) is 2.25. The Morgan fingerprint density at radius 3 is 2.50 bits per heavy atom. The fourth-order valence-electron chi connectivity index (χ4n) is 0.796. The summed E-state index contributed by atoms with van der Waals surface area (Å²) in [6, 6.07) is 0. The van der Waals surface area contributed by atoms with E-state index in [1.165, 1.54) is 0 Å². The van der Waals surface area contributed by atoms with E-state index >= 15 is 0 Å². The van der Waals surface area contributed by atoms with Gasteiger partial charge in [0.05, 0.1) is 0 Å². The molecule has 1 rings (SSSR count). The van der Waals surface area contributed by atoms with Gasteiger partial charge in [-0.05, 0) is 0 Å². The monoisotopic (exact) mass is 147 g/mol. The van der Waals surface area contributed by atoms with E-state index < -0.39 is 24.2 Å². The number of hydrogen-bond acceptors (Lipinski definition) is 4. The van der Waals surface area contributed by atoms with Crippen LogP contribution in [0.5, 0.6) is 0 Å². The molecule has 0 aromatic carbocycles. The number of aliphatic hydroxyl groups excluding tert-OH is 3. The Hall–Kier alpha value is -0.650. The van der Waals surface area contributed by atoms with Crippen LogP contribution < -0.4 is 5.32 Å². The van der Waals surface area contributed by atoms with Crippen LogP contribution in [0.4, 0.5) is 0 Å². The molecule has 0 aliphatic carbocycles. The second-order valence-electron chi connectivity index (χ2n) is 2.25. The molecule has 1 amide bonds. The Bertz CT molecular complexity index is 149. The van der Waals surface area contributed by atoms with Crippen LogP contribution in [0.15, 0.2) is 0 Å². The SMILES string of the molecule is O=C1NC[C@@H](O)[C@H](O)[C@H]1O. The third-order valence-electron chi connectivity index (χ3n) is 1.47. The molecule has 3 atom stereocenters. The van der Waals surface area contributed by atoms with E-state index in [1.54, 1.807) is 0 Å². The lowest BCUT2D eigenvalue weighted by Gasteiger charge is -2.27. The van der Waals surface area contributed by atoms with Gasteiger partial charge in [-0.3, -0.25) is 4.79 Å². The van der Waals surface area contributed by atoms with E-state index in [4.69, 9.17) is 15.3 Å². The summed E-state index contributed by atoms with van der Waals surface area (Å²) in [6.45, 7) is -0.00292. The summed E-state index contributed by atoms with van der Waals surface area (Å²) in [4.78, 5) is 10.5. The molecule has 0 aromatic rings. The first-order valence-electron chi connectivity index (χ1n) is 2.95. The molecule has 1 fully saturated rings. The van der Waals surface area contributed by atoms with Crippen LogP contribution in [-0.2, 0) is 4.79 Å². The number of nitrogens with one attached hydrogen (secondary N) is 1. The van der Waals surface area contributed by atoms with Crippen molar-refractivity contribution < 1.29 is 20.1 Å². The van der Waals surface area contributed by atoms with Gasteiger partial charge in [0.25, 0.3) is 5.91 Å². The summed E-state index contributed by atoms with van der Waals surface area (Å²) in [7, 11) is 0. The number of piperidine rings is 1. The van der Waals surface area contributed by atoms with Crippen molar-refractivity contribution in [2.75, 3.05) is 6.54 Å². The van der Waals surface area contributed by atoms with Crippen molar-refractivity contribution in [3.05, 3.63) is 0 Å². The highest BCUT2D eigenvalue weighted by Crippen LogP contribution is 2.04. The second kappa shape index (κ2) is 2.53. The predicted octanol–water partition coefficient (Wildman–Crippen LogP) is -2.80. The minimum absolute atomic E-state index is 0.00292. The van der Waals surface area contributed by atoms with E-state index in [1.807, 2.05) is 0 Å². The Morgan fingerprint density at radius 1 is 1.40 bits per heavy atom. The van der Waals surface area contributed by atoms with E-state index in [2.05, 4.69) is 5.32 Å². The normalized spacial score (nSPS) is 41.1. The summed E-state index contributed by atoms with van der Waals surface area (Å²) in [5, 5.41) is 28.7. The highest BCUT2D eigenvalue weighted by atomic mass is 16.4. The van der Waals surface area contributed by atoms with Gasteiger partial charge in [-0.25, -0.2) is 0 Å². The summed E-state index contributed by atoms with van der Waals surface area (Å²) in [6.07, 6.45) is -3.91. The Labute approximate surface area is 57.3 Å². The molecule has 5 nitrogen and oxygen atoms in total. The quantitative estimate of drug-likeness (QED) is 0.298. The van der Waals surface area contributed by atoms with Gasteiger partial charge in [0.2, 0.25) is 0 Å². The van der Waals surface area contributed by atoms with E-state index in [-0.39, 0.29) is 6.54 Å². The zero-order chi connectivity index (χ0) is 7.72.